The van der Waals surface area contributed by atoms with Gasteiger partial charge in [0.05, 0.1) is 35.2 Å². The highest BCUT2D eigenvalue weighted by atomic mass is 16.8. The number of hydrogen-bond acceptors (Lipinski definition) is 6. The van der Waals surface area contributed by atoms with Gasteiger partial charge in [-0.2, -0.15) is 0 Å². The first-order chi connectivity index (χ1) is 11.3. The molecule has 8 nitrogen and oxygen atoms in total. The topological polar surface area (TPSA) is 134 Å². The largest absolute Gasteiger partial charge is 0.481 e. The molecule has 0 radical (unpaired) electrons. The number of carboxylic acid groups (broad SMARTS) is 2. The molecule has 0 aromatic carbocycles. The molecule has 2 aliphatic carbocycles. The molecule has 3 fully saturated rings. The highest BCUT2D eigenvalue weighted by Gasteiger charge is 2.54. The van der Waals surface area contributed by atoms with Gasteiger partial charge in [0.1, 0.15) is 0 Å². The van der Waals surface area contributed by atoms with Crippen molar-refractivity contribution in [3.05, 3.63) is 0 Å². The van der Waals surface area contributed by atoms with Crippen molar-refractivity contribution in [2.24, 2.45) is 10.8 Å². The molecule has 8 heteroatoms. The van der Waals surface area contributed by atoms with E-state index in [0.29, 0.717) is 12.8 Å². The number of fused-ring (bicyclic) bond motifs is 1. The van der Waals surface area contributed by atoms with E-state index in [-0.39, 0.29) is 25.0 Å². The molecule has 1 saturated heterocycles. The van der Waals surface area contributed by atoms with Crippen LogP contribution in [0.3, 0.4) is 0 Å². The Hall–Kier alpha value is -1.22. The second-order valence-electron chi connectivity index (χ2n) is 8.40. The van der Waals surface area contributed by atoms with Crippen molar-refractivity contribution in [1.82, 2.24) is 0 Å². The number of ether oxygens (including phenoxy) is 2. The molecular weight excluding hydrogens is 332 g/mol. The molecule has 3 aliphatic rings. The van der Waals surface area contributed by atoms with E-state index in [9.17, 15) is 9.59 Å². The van der Waals surface area contributed by atoms with Crippen molar-refractivity contribution in [3.8, 4) is 0 Å². The van der Waals surface area contributed by atoms with Crippen LogP contribution in [0.5, 0.6) is 0 Å². The van der Waals surface area contributed by atoms with Gasteiger partial charge in [-0.05, 0) is 53.4 Å². The van der Waals surface area contributed by atoms with E-state index in [2.05, 4.69) is 0 Å². The van der Waals surface area contributed by atoms with Crippen molar-refractivity contribution in [1.29, 1.82) is 0 Å². The Morgan fingerprint density at radius 1 is 0.760 bits per heavy atom. The molecule has 0 aromatic rings. The monoisotopic (exact) mass is 360 g/mol. The van der Waals surface area contributed by atoms with E-state index < -0.39 is 40.8 Å². The van der Waals surface area contributed by atoms with Gasteiger partial charge < -0.3 is 29.9 Å². The summed E-state index contributed by atoms with van der Waals surface area (Å²) in [6, 6.07) is 0. The number of aliphatic hydroxyl groups is 2. The van der Waals surface area contributed by atoms with Crippen LogP contribution in [0.25, 0.3) is 0 Å². The zero-order chi connectivity index (χ0) is 19.2. The number of carbonyl (C=O) groups is 2. The second kappa shape index (κ2) is 6.50. The lowest BCUT2D eigenvalue weighted by Gasteiger charge is -2.23. The molecule has 25 heavy (non-hydrogen) atoms. The standard InChI is InChI=1S/C10H16O4.C7H12O4/c1-9(2)13-6-4-10(3,8(11)12)5-7(6)14-9;1-7(6(10)11)2-4(8)5(9)3-7/h6-7H,4-5H2,1-3H3,(H,11,12);4-5,8-9H,2-3H2,1H3,(H,10,11). The first-order valence-corrected chi connectivity index (χ1v) is 8.47. The van der Waals surface area contributed by atoms with Gasteiger partial charge in [0, 0.05) is 0 Å². The van der Waals surface area contributed by atoms with Crippen molar-refractivity contribution in [2.75, 3.05) is 0 Å². The van der Waals surface area contributed by atoms with Crippen LogP contribution in [0.4, 0.5) is 0 Å². The minimum atomic E-state index is -0.951. The maximum atomic E-state index is 11.0. The lowest BCUT2D eigenvalue weighted by Crippen LogP contribution is -2.30. The summed E-state index contributed by atoms with van der Waals surface area (Å²) in [6.07, 6.45) is -0.468. The molecule has 4 N–H and O–H groups in total. The SMILES string of the molecule is CC1(C(=O)O)CC(O)C(O)C1.CC1(C)OC2CC(C)(C(=O)O)CC2O1. The average Bonchev–Trinajstić information content (AvgIpc) is 2.98. The Morgan fingerprint density at radius 2 is 1.08 bits per heavy atom. The fraction of sp³-hybridized carbons (Fsp3) is 0.882. The van der Waals surface area contributed by atoms with Gasteiger partial charge in [-0.15, -0.1) is 0 Å². The summed E-state index contributed by atoms with van der Waals surface area (Å²) in [5.74, 6) is -2.25. The Labute approximate surface area is 146 Å². The Kier molecular flexibility index (Phi) is 5.22. The lowest BCUT2D eigenvalue weighted by atomic mass is 9.89. The molecule has 2 saturated carbocycles. The molecule has 4 unspecified atom stereocenters. The first kappa shape index (κ1) is 20.1. The molecule has 0 aromatic heterocycles. The zero-order valence-electron chi connectivity index (χ0n) is 15.1. The Bertz CT molecular complexity index is 517. The summed E-state index contributed by atoms with van der Waals surface area (Å²) in [4.78, 5) is 21.6. The predicted molar refractivity (Wildman–Crippen MR) is 85.8 cm³/mol. The maximum Gasteiger partial charge on any atom is 0.309 e. The van der Waals surface area contributed by atoms with Crippen LogP contribution in [0.15, 0.2) is 0 Å². The van der Waals surface area contributed by atoms with Crippen LogP contribution in [0, 0.1) is 10.8 Å². The second-order valence-corrected chi connectivity index (χ2v) is 8.40. The van der Waals surface area contributed by atoms with Gasteiger partial charge in [-0.3, -0.25) is 9.59 Å². The molecule has 3 rings (SSSR count). The summed E-state index contributed by atoms with van der Waals surface area (Å²) in [5.41, 5.74) is -1.62. The van der Waals surface area contributed by atoms with Crippen LogP contribution >= 0.6 is 0 Å². The molecule has 144 valence electrons. The van der Waals surface area contributed by atoms with Gasteiger partial charge in [0.25, 0.3) is 0 Å². The molecule has 0 spiro atoms. The highest BCUT2D eigenvalue weighted by molar-refractivity contribution is 5.75. The van der Waals surface area contributed by atoms with Crippen molar-refractivity contribution >= 4 is 11.9 Å². The average molecular weight is 360 g/mol. The summed E-state index contributed by atoms with van der Waals surface area (Å²) in [7, 11) is 0. The molecular formula is C17H28O8. The minimum Gasteiger partial charge on any atom is -0.481 e. The van der Waals surface area contributed by atoms with Gasteiger partial charge in [0.2, 0.25) is 0 Å². The molecule has 0 amide bonds. The third-order valence-electron chi connectivity index (χ3n) is 5.38. The fourth-order valence-electron chi connectivity index (χ4n) is 3.85. The van der Waals surface area contributed by atoms with Crippen LogP contribution in [0.1, 0.15) is 53.4 Å². The van der Waals surface area contributed by atoms with E-state index in [4.69, 9.17) is 29.9 Å². The van der Waals surface area contributed by atoms with E-state index in [1.807, 2.05) is 13.8 Å². The molecule has 4 atom stereocenters. The van der Waals surface area contributed by atoms with Crippen LogP contribution in [0.2, 0.25) is 0 Å². The third kappa shape index (κ3) is 4.13. The highest BCUT2D eigenvalue weighted by Crippen LogP contribution is 2.47. The third-order valence-corrected chi connectivity index (χ3v) is 5.38. The number of hydrogen-bond donors (Lipinski definition) is 4. The zero-order valence-corrected chi connectivity index (χ0v) is 15.1. The van der Waals surface area contributed by atoms with Crippen molar-refractivity contribution in [3.63, 3.8) is 0 Å². The Balaban J connectivity index is 0.000000186. The van der Waals surface area contributed by atoms with E-state index in [1.54, 1.807) is 6.92 Å². The number of rotatable bonds is 2. The summed E-state index contributed by atoms with van der Waals surface area (Å²) >= 11 is 0. The smallest absolute Gasteiger partial charge is 0.309 e. The van der Waals surface area contributed by atoms with Crippen LogP contribution in [-0.4, -0.2) is 62.6 Å². The molecule has 1 aliphatic heterocycles. The van der Waals surface area contributed by atoms with Gasteiger partial charge in [-0.1, -0.05) is 0 Å². The number of carboxylic acids is 2. The van der Waals surface area contributed by atoms with Crippen molar-refractivity contribution < 1.29 is 39.5 Å². The van der Waals surface area contributed by atoms with Gasteiger partial charge in [-0.25, -0.2) is 0 Å². The van der Waals surface area contributed by atoms with Crippen LogP contribution < -0.4 is 0 Å². The fourth-order valence-corrected chi connectivity index (χ4v) is 3.85. The molecule has 0 bridgehead atoms. The number of aliphatic hydroxyl groups excluding tert-OH is 2. The number of aliphatic carboxylic acids is 2. The minimum absolute atomic E-state index is 0.0499. The maximum absolute atomic E-state index is 11.0. The van der Waals surface area contributed by atoms with Crippen LogP contribution in [-0.2, 0) is 19.1 Å². The molecule has 1 heterocycles. The summed E-state index contributed by atoms with van der Waals surface area (Å²) in [6.45, 7) is 7.02. The quantitative estimate of drug-likeness (QED) is 0.573. The van der Waals surface area contributed by atoms with E-state index >= 15 is 0 Å². The summed E-state index contributed by atoms with van der Waals surface area (Å²) < 4.78 is 11.3. The van der Waals surface area contributed by atoms with E-state index in [1.165, 1.54) is 6.92 Å². The summed E-state index contributed by atoms with van der Waals surface area (Å²) in [5, 5.41) is 35.9. The lowest BCUT2D eigenvalue weighted by molar-refractivity contribution is -0.168. The van der Waals surface area contributed by atoms with Gasteiger partial charge in [0.15, 0.2) is 5.79 Å². The van der Waals surface area contributed by atoms with Crippen molar-refractivity contribution in [2.45, 2.75) is 83.6 Å². The predicted octanol–water partition coefficient (Wildman–Crippen LogP) is 0.984. The first-order valence-electron chi connectivity index (χ1n) is 8.47. The Morgan fingerprint density at radius 3 is 1.36 bits per heavy atom. The normalized spacial score (nSPS) is 44.7. The van der Waals surface area contributed by atoms with E-state index in [0.717, 1.165) is 0 Å². The van der Waals surface area contributed by atoms with Gasteiger partial charge >= 0.3 is 11.9 Å².